The molecule has 1 aliphatic carbocycles. The van der Waals surface area contributed by atoms with Crippen molar-refractivity contribution < 1.29 is 4.39 Å². The second kappa shape index (κ2) is 5.13. The maximum Gasteiger partial charge on any atom is 0.156 e. The van der Waals surface area contributed by atoms with E-state index in [1.165, 1.54) is 6.07 Å². The molecule has 6 nitrogen and oxygen atoms in total. The van der Waals surface area contributed by atoms with E-state index in [0.717, 1.165) is 52.6 Å². The molecular formula is C20H19FN6. The minimum Gasteiger partial charge on any atom is -0.342 e. The second-order valence-corrected chi connectivity index (χ2v) is 7.85. The van der Waals surface area contributed by atoms with Crippen molar-refractivity contribution in [1.82, 2.24) is 29.9 Å². The van der Waals surface area contributed by atoms with E-state index in [2.05, 4.69) is 25.4 Å². The number of aryl methyl sites for hydroxylation is 2. The van der Waals surface area contributed by atoms with Gasteiger partial charge >= 0.3 is 0 Å². The van der Waals surface area contributed by atoms with Crippen LogP contribution in [0.2, 0.25) is 0 Å². The molecular weight excluding hydrogens is 343 g/mol. The molecule has 2 N–H and O–H groups in total. The van der Waals surface area contributed by atoms with Crippen LogP contribution in [-0.2, 0) is 0 Å². The topological polar surface area (TPSA) is 70.9 Å². The lowest BCUT2D eigenvalue weighted by Gasteiger charge is -2.05. The summed E-state index contributed by atoms with van der Waals surface area (Å²) in [5.41, 5.74) is 5.37. The summed E-state index contributed by atoms with van der Waals surface area (Å²) in [4.78, 5) is 12.4. The number of hydrogen-bond donors (Lipinski definition) is 2. The standard InChI is InChI=1S/C20H19FN6/c1-9-3-15(26-27-8-10(2)23-20(9)27)11-4-14(21)18-16(5-11)24-19(25-18)17-12-6-22-7-13(12)17/h3-5,8,12-13,17,22H,6-7H2,1-2H3,(H,24,25). The van der Waals surface area contributed by atoms with Gasteiger partial charge in [-0.2, -0.15) is 5.10 Å². The number of rotatable bonds is 2. The van der Waals surface area contributed by atoms with Gasteiger partial charge in [-0.15, -0.1) is 0 Å². The maximum atomic E-state index is 14.8. The van der Waals surface area contributed by atoms with E-state index in [-0.39, 0.29) is 5.82 Å². The van der Waals surface area contributed by atoms with Crippen molar-refractivity contribution in [3.05, 3.63) is 47.3 Å². The highest BCUT2D eigenvalue weighted by molar-refractivity contribution is 5.82. The number of fused-ring (bicyclic) bond motifs is 3. The van der Waals surface area contributed by atoms with E-state index in [4.69, 9.17) is 0 Å². The fraction of sp³-hybridized carbons (Fsp3) is 0.350. The molecule has 3 aromatic heterocycles. The lowest BCUT2D eigenvalue weighted by atomic mass is 10.1. The normalized spacial score (nSPS) is 24.0. The van der Waals surface area contributed by atoms with Crippen LogP contribution in [0.4, 0.5) is 4.39 Å². The largest absolute Gasteiger partial charge is 0.342 e. The molecule has 0 amide bonds. The van der Waals surface area contributed by atoms with Crippen LogP contribution in [0.5, 0.6) is 0 Å². The molecule has 4 heterocycles. The molecule has 2 aliphatic rings. The Kier molecular flexibility index (Phi) is 2.90. The number of aromatic amines is 1. The summed E-state index contributed by atoms with van der Waals surface area (Å²) < 4.78 is 16.6. The van der Waals surface area contributed by atoms with E-state index < -0.39 is 0 Å². The zero-order valence-electron chi connectivity index (χ0n) is 15.1. The van der Waals surface area contributed by atoms with Gasteiger partial charge in [-0.3, -0.25) is 0 Å². The van der Waals surface area contributed by atoms with Crippen molar-refractivity contribution in [2.45, 2.75) is 19.8 Å². The summed E-state index contributed by atoms with van der Waals surface area (Å²) in [6.07, 6.45) is 1.88. The molecule has 1 aromatic carbocycles. The number of H-pyrrole nitrogens is 1. The number of halogens is 1. The van der Waals surface area contributed by atoms with Gasteiger partial charge in [0.25, 0.3) is 0 Å². The molecule has 2 atom stereocenters. The lowest BCUT2D eigenvalue weighted by molar-refractivity contribution is 0.636. The molecule has 136 valence electrons. The van der Waals surface area contributed by atoms with Crippen LogP contribution in [0, 0.1) is 31.5 Å². The summed E-state index contributed by atoms with van der Waals surface area (Å²) in [6.45, 7) is 6.01. The fourth-order valence-corrected chi connectivity index (χ4v) is 4.61. The van der Waals surface area contributed by atoms with Crippen molar-refractivity contribution in [3.63, 3.8) is 0 Å². The van der Waals surface area contributed by atoms with Crippen LogP contribution in [-0.4, -0.2) is 37.7 Å². The van der Waals surface area contributed by atoms with E-state index in [1.54, 1.807) is 4.52 Å². The Balaban J connectivity index is 1.46. The third-order valence-corrected chi connectivity index (χ3v) is 5.99. The van der Waals surface area contributed by atoms with Crippen LogP contribution >= 0.6 is 0 Å². The molecule has 1 saturated carbocycles. The first-order chi connectivity index (χ1) is 13.1. The molecule has 7 heteroatoms. The second-order valence-electron chi connectivity index (χ2n) is 7.85. The van der Waals surface area contributed by atoms with Crippen molar-refractivity contribution in [2.75, 3.05) is 13.1 Å². The molecule has 4 aromatic rings. The molecule has 0 radical (unpaired) electrons. The van der Waals surface area contributed by atoms with Gasteiger partial charge in [-0.25, -0.2) is 18.9 Å². The first kappa shape index (κ1) is 15.3. The maximum absolute atomic E-state index is 14.8. The SMILES string of the molecule is Cc1cn2nc(-c3cc(F)c4nc(C5C6CNCC65)[nH]c4c3)cc(C)c2n1. The van der Waals surface area contributed by atoms with E-state index >= 15 is 0 Å². The van der Waals surface area contributed by atoms with E-state index in [0.29, 0.717) is 23.3 Å². The van der Waals surface area contributed by atoms with Crippen LogP contribution < -0.4 is 5.32 Å². The number of piperidine rings is 1. The zero-order valence-corrected chi connectivity index (χ0v) is 15.1. The third-order valence-electron chi connectivity index (χ3n) is 5.99. The van der Waals surface area contributed by atoms with Crippen LogP contribution in [0.3, 0.4) is 0 Å². The lowest BCUT2D eigenvalue weighted by Crippen LogP contribution is -2.14. The quantitative estimate of drug-likeness (QED) is 0.575. The highest BCUT2D eigenvalue weighted by atomic mass is 19.1. The summed E-state index contributed by atoms with van der Waals surface area (Å²) in [6, 6.07) is 5.43. The van der Waals surface area contributed by atoms with Gasteiger partial charge in [-0.1, -0.05) is 0 Å². The predicted octanol–water partition coefficient (Wildman–Crippen LogP) is 2.96. The van der Waals surface area contributed by atoms with E-state index in [1.807, 2.05) is 32.2 Å². The Bertz CT molecular complexity index is 1210. The smallest absolute Gasteiger partial charge is 0.156 e. The van der Waals surface area contributed by atoms with Gasteiger partial charge in [0.1, 0.15) is 11.3 Å². The third kappa shape index (κ3) is 2.18. The summed E-state index contributed by atoms with van der Waals surface area (Å²) in [5, 5.41) is 8.01. The van der Waals surface area contributed by atoms with Gasteiger partial charge in [0, 0.05) is 11.5 Å². The average molecular weight is 362 g/mol. The Morgan fingerprint density at radius 1 is 1.11 bits per heavy atom. The highest BCUT2D eigenvalue weighted by Crippen LogP contribution is 2.55. The van der Waals surface area contributed by atoms with Crippen LogP contribution in [0.15, 0.2) is 24.4 Å². The molecule has 1 saturated heterocycles. The Morgan fingerprint density at radius 3 is 2.74 bits per heavy atom. The number of nitrogens with one attached hydrogen (secondary N) is 2. The number of imidazole rings is 2. The minimum atomic E-state index is -0.310. The predicted molar refractivity (Wildman–Crippen MR) is 100 cm³/mol. The van der Waals surface area contributed by atoms with Gasteiger partial charge in [-0.05, 0) is 62.5 Å². The van der Waals surface area contributed by atoms with Crippen molar-refractivity contribution in [1.29, 1.82) is 0 Å². The zero-order chi connectivity index (χ0) is 18.3. The number of aromatic nitrogens is 5. The first-order valence-corrected chi connectivity index (χ1v) is 9.32. The summed E-state index contributed by atoms with van der Waals surface area (Å²) in [7, 11) is 0. The van der Waals surface area contributed by atoms with Gasteiger partial charge in [0.2, 0.25) is 0 Å². The van der Waals surface area contributed by atoms with Gasteiger partial charge < -0.3 is 10.3 Å². The minimum absolute atomic E-state index is 0.310. The summed E-state index contributed by atoms with van der Waals surface area (Å²) in [5.74, 6) is 2.33. The van der Waals surface area contributed by atoms with Gasteiger partial charge in [0.05, 0.1) is 23.1 Å². The van der Waals surface area contributed by atoms with Crippen molar-refractivity contribution >= 4 is 16.7 Å². The summed E-state index contributed by atoms with van der Waals surface area (Å²) >= 11 is 0. The van der Waals surface area contributed by atoms with E-state index in [9.17, 15) is 4.39 Å². The van der Waals surface area contributed by atoms with Crippen molar-refractivity contribution in [2.24, 2.45) is 11.8 Å². The average Bonchev–Trinajstić information content (AvgIpc) is 3.07. The number of benzene rings is 1. The highest BCUT2D eigenvalue weighted by Gasteiger charge is 2.55. The monoisotopic (exact) mass is 362 g/mol. The molecule has 1 aliphatic heterocycles. The Hall–Kier alpha value is -2.80. The molecule has 2 unspecified atom stereocenters. The number of hydrogen-bond acceptors (Lipinski definition) is 4. The number of nitrogens with zero attached hydrogens (tertiary/aromatic N) is 4. The van der Waals surface area contributed by atoms with Crippen LogP contribution in [0.1, 0.15) is 23.0 Å². The molecule has 27 heavy (non-hydrogen) atoms. The fourth-order valence-electron chi connectivity index (χ4n) is 4.61. The Morgan fingerprint density at radius 2 is 1.93 bits per heavy atom. The molecule has 0 spiro atoms. The van der Waals surface area contributed by atoms with Crippen LogP contribution in [0.25, 0.3) is 27.9 Å². The van der Waals surface area contributed by atoms with Gasteiger partial charge in [0.15, 0.2) is 11.5 Å². The van der Waals surface area contributed by atoms with Crippen molar-refractivity contribution in [3.8, 4) is 11.3 Å². The molecule has 6 rings (SSSR count). The molecule has 0 bridgehead atoms. The first-order valence-electron chi connectivity index (χ1n) is 9.32. The Labute approximate surface area is 154 Å². The molecule has 2 fully saturated rings.